The molecule has 1 N–H and O–H groups in total. The lowest BCUT2D eigenvalue weighted by molar-refractivity contribution is 0.624. The van der Waals surface area contributed by atoms with Crippen molar-refractivity contribution in [3.05, 3.63) is 24.0 Å². The van der Waals surface area contributed by atoms with Crippen molar-refractivity contribution in [2.45, 2.75) is 4.90 Å². The number of thioether (sulfide) groups is 1. The molecule has 0 fully saturated rings. The number of hydrogen-bond acceptors (Lipinski definition) is 3. The Kier molecular flexibility index (Phi) is 3.75. The van der Waals surface area contributed by atoms with Gasteiger partial charge in [0, 0.05) is 11.2 Å². The maximum absolute atomic E-state index is 12.7. The molecule has 4 heteroatoms. The van der Waals surface area contributed by atoms with Crippen LogP contribution in [0.2, 0.25) is 0 Å². The van der Waals surface area contributed by atoms with Crippen molar-refractivity contribution in [1.82, 2.24) is 0 Å². The van der Waals surface area contributed by atoms with Crippen molar-refractivity contribution in [3.8, 4) is 0 Å². The monoisotopic (exact) mass is 203 g/mol. The van der Waals surface area contributed by atoms with Gasteiger partial charge in [0.25, 0.3) is 0 Å². The van der Waals surface area contributed by atoms with Crippen molar-refractivity contribution in [2.24, 2.45) is 0 Å². The number of anilines is 1. The Hall–Kier alpha value is -0.350. The van der Waals surface area contributed by atoms with Gasteiger partial charge in [-0.05, 0) is 24.5 Å². The van der Waals surface area contributed by atoms with Crippen LogP contribution in [0.3, 0.4) is 0 Å². The van der Waals surface area contributed by atoms with Gasteiger partial charge in [0.05, 0.1) is 5.69 Å². The van der Waals surface area contributed by atoms with E-state index in [0.717, 1.165) is 10.6 Å². The Morgan fingerprint density at radius 1 is 1.33 bits per heavy atom. The zero-order valence-electron chi connectivity index (χ0n) is 6.93. The second kappa shape index (κ2) is 4.62. The summed E-state index contributed by atoms with van der Waals surface area (Å²) in [6.45, 7) is 0. The lowest BCUT2D eigenvalue weighted by Crippen LogP contribution is -1.88. The second-order valence-electron chi connectivity index (χ2n) is 2.15. The predicted octanol–water partition coefficient (Wildman–Crippen LogP) is 3.24. The molecule has 0 aliphatic rings. The first kappa shape index (κ1) is 9.74. The maximum Gasteiger partial charge on any atom is 0.124 e. The highest BCUT2D eigenvalue weighted by Crippen LogP contribution is 2.27. The Labute approximate surface area is 80.3 Å². The Morgan fingerprint density at radius 3 is 2.67 bits per heavy atom. The maximum atomic E-state index is 12.7. The summed E-state index contributed by atoms with van der Waals surface area (Å²) in [5, 5.41) is 0. The summed E-state index contributed by atoms with van der Waals surface area (Å²) in [5.41, 5.74) is 0.969. The molecular weight excluding hydrogens is 193 g/mol. The van der Waals surface area contributed by atoms with Crippen LogP contribution in [0, 0.1) is 5.82 Å². The molecule has 12 heavy (non-hydrogen) atoms. The van der Waals surface area contributed by atoms with Crippen LogP contribution < -0.4 is 4.72 Å². The van der Waals surface area contributed by atoms with E-state index in [1.54, 1.807) is 6.07 Å². The Bertz CT molecular complexity index is 265. The smallest absolute Gasteiger partial charge is 0.124 e. The molecule has 1 nitrogen and oxygen atoms in total. The largest absolute Gasteiger partial charge is 0.329 e. The Morgan fingerprint density at radius 2 is 2.08 bits per heavy atom. The van der Waals surface area contributed by atoms with Gasteiger partial charge in [0.1, 0.15) is 5.82 Å². The SMILES string of the molecule is CSNc1ccc(F)cc1SC. The van der Waals surface area contributed by atoms with E-state index < -0.39 is 0 Å². The van der Waals surface area contributed by atoms with Gasteiger partial charge >= 0.3 is 0 Å². The molecule has 0 atom stereocenters. The predicted molar refractivity (Wildman–Crippen MR) is 55.3 cm³/mol. The summed E-state index contributed by atoms with van der Waals surface area (Å²) in [7, 11) is 0. The lowest BCUT2D eigenvalue weighted by Gasteiger charge is -2.06. The third kappa shape index (κ3) is 2.32. The summed E-state index contributed by atoms with van der Waals surface area (Å²) in [5.74, 6) is -0.189. The van der Waals surface area contributed by atoms with Crippen LogP contribution in [-0.2, 0) is 0 Å². The molecule has 0 bridgehead atoms. The average Bonchev–Trinajstić information content (AvgIpc) is 2.08. The highest BCUT2D eigenvalue weighted by molar-refractivity contribution is 8.00. The summed E-state index contributed by atoms with van der Waals surface area (Å²) < 4.78 is 15.8. The zero-order valence-corrected chi connectivity index (χ0v) is 8.56. The minimum Gasteiger partial charge on any atom is -0.329 e. The van der Waals surface area contributed by atoms with E-state index in [-0.39, 0.29) is 5.82 Å². The van der Waals surface area contributed by atoms with Crippen molar-refractivity contribution in [1.29, 1.82) is 0 Å². The van der Waals surface area contributed by atoms with E-state index in [9.17, 15) is 4.39 Å². The summed E-state index contributed by atoms with van der Waals surface area (Å²) in [6.07, 6.45) is 3.87. The third-order valence-electron chi connectivity index (χ3n) is 1.38. The van der Waals surface area contributed by atoms with Gasteiger partial charge in [-0.3, -0.25) is 0 Å². The van der Waals surface area contributed by atoms with Gasteiger partial charge in [-0.2, -0.15) is 0 Å². The Balaban J connectivity index is 2.94. The molecule has 0 aromatic heterocycles. The standard InChI is InChI=1S/C8H10FNS2/c1-11-8-5-6(9)3-4-7(8)10-12-2/h3-5,10H,1-2H3. The van der Waals surface area contributed by atoms with Gasteiger partial charge in [-0.25, -0.2) is 4.39 Å². The van der Waals surface area contributed by atoms with Crippen LogP contribution in [0.25, 0.3) is 0 Å². The number of hydrogen-bond donors (Lipinski definition) is 1. The normalized spacial score (nSPS) is 9.92. The molecule has 1 rings (SSSR count). The van der Waals surface area contributed by atoms with Crippen molar-refractivity contribution in [2.75, 3.05) is 17.2 Å². The van der Waals surface area contributed by atoms with E-state index in [0.29, 0.717) is 0 Å². The van der Waals surface area contributed by atoms with E-state index in [1.807, 2.05) is 12.5 Å². The fraction of sp³-hybridized carbons (Fsp3) is 0.250. The topological polar surface area (TPSA) is 12.0 Å². The van der Waals surface area contributed by atoms with Crippen LogP contribution in [0.15, 0.2) is 23.1 Å². The quantitative estimate of drug-likeness (QED) is 0.598. The first-order valence-corrected chi connectivity index (χ1v) is 5.85. The minimum absolute atomic E-state index is 0.189. The fourth-order valence-corrected chi connectivity index (χ4v) is 1.89. The van der Waals surface area contributed by atoms with Crippen LogP contribution in [0.5, 0.6) is 0 Å². The van der Waals surface area contributed by atoms with Gasteiger partial charge < -0.3 is 4.72 Å². The van der Waals surface area contributed by atoms with Gasteiger partial charge in [-0.15, -0.1) is 11.8 Å². The molecule has 0 heterocycles. The molecule has 0 unspecified atom stereocenters. The molecule has 0 aliphatic carbocycles. The van der Waals surface area contributed by atoms with Gasteiger partial charge in [-0.1, -0.05) is 11.9 Å². The minimum atomic E-state index is -0.189. The third-order valence-corrected chi connectivity index (χ3v) is 2.58. The van der Waals surface area contributed by atoms with Crippen LogP contribution >= 0.6 is 23.7 Å². The molecule has 0 amide bonds. The molecule has 0 saturated carbocycles. The fourth-order valence-electron chi connectivity index (χ4n) is 0.859. The summed E-state index contributed by atoms with van der Waals surface area (Å²) >= 11 is 3.04. The molecule has 0 radical (unpaired) electrons. The van der Waals surface area contributed by atoms with Crippen LogP contribution in [-0.4, -0.2) is 12.5 Å². The lowest BCUT2D eigenvalue weighted by atomic mass is 10.3. The first-order chi connectivity index (χ1) is 5.77. The summed E-state index contributed by atoms with van der Waals surface area (Å²) in [6, 6.07) is 4.74. The van der Waals surface area contributed by atoms with Crippen molar-refractivity contribution in [3.63, 3.8) is 0 Å². The van der Waals surface area contributed by atoms with Gasteiger partial charge in [0.2, 0.25) is 0 Å². The number of benzene rings is 1. The number of rotatable bonds is 3. The molecule has 1 aromatic rings. The zero-order chi connectivity index (χ0) is 8.97. The first-order valence-electron chi connectivity index (χ1n) is 3.40. The van der Waals surface area contributed by atoms with Crippen LogP contribution in [0.1, 0.15) is 0 Å². The van der Waals surface area contributed by atoms with Crippen molar-refractivity contribution >= 4 is 29.4 Å². The molecule has 1 aromatic carbocycles. The highest BCUT2D eigenvalue weighted by Gasteiger charge is 2.01. The number of halogens is 1. The van der Waals surface area contributed by atoms with E-state index in [4.69, 9.17) is 0 Å². The van der Waals surface area contributed by atoms with Crippen molar-refractivity contribution < 1.29 is 4.39 Å². The molecule has 0 spiro atoms. The second-order valence-corrected chi connectivity index (χ2v) is 3.61. The van der Waals surface area contributed by atoms with E-state index >= 15 is 0 Å². The summed E-state index contributed by atoms with van der Waals surface area (Å²) in [4.78, 5) is 0.935. The molecular formula is C8H10FNS2. The molecule has 66 valence electrons. The van der Waals surface area contributed by atoms with Crippen LogP contribution in [0.4, 0.5) is 10.1 Å². The highest BCUT2D eigenvalue weighted by atomic mass is 32.2. The average molecular weight is 203 g/mol. The molecule has 0 saturated heterocycles. The van der Waals surface area contributed by atoms with Gasteiger partial charge in [0.15, 0.2) is 0 Å². The van der Waals surface area contributed by atoms with E-state index in [1.165, 1.54) is 35.8 Å². The number of nitrogens with one attached hydrogen (secondary N) is 1. The molecule has 0 aliphatic heterocycles. The van der Waals surface area contributed by atoms with E-state index in [2.05, 4.69) is 4.72 Å².